The summed E-state index contributed by atoms with van der Waals surface area (Å²) in [6.07, 6.45) is 0. The van der Waals surface area contributed by atoms with E-state index < -0.39 is 0 Å². The Bertz CT molecular complexity index is 727. The molecule has 0 fully saturated rings. The molecule has 1 unspecified atom stereocenters. The lowest BCUT2D eigenvalue weighted by Crippen LogP contribution is -2.10. The fourth-order valence-electron chi connectivity index (χ4n) is 1.97. The number of fused-ring (bicyclic) bond motifs is 1. The Balaban J connectivity index is 1.83. The number of nitrogens with one attached hydrogen (secondary N) is 1. The van der Waals surface area contributed by atoms with E-state index in [1.165, 1.54) is 5.56 Å². The van der Waals surface area contributed by atoms with Crippen LogP contribution in [0.2, 0.25) is 0 Å². The van der Waals surface area contributed by atoms with Gasteiger partial charge in [0.05, 0.1) is 11.6 Å². The average Bonchev–Trinajstić information content (AvgIpc) is 2.48. The summed E-state index contributed by atoms with van der Waals surface area (Å²) >= 11 is 3.43. The average molecular weight is 329 g/mol. The second-order valence-electron chi connectivity index (χ2n) is 4.54. The van der Waals surface area contributed by atoms with Gasteiger partial charge in [-0.15, -0.1) is 10.2 Å². The molecular formula is C15H13BrN4. The molecule has 0 bridgehead atoms. The molecule has 0 saturated heterocycles. The molecule has 0 aliphatic rings. The highest BCUT2D eigenvalue weighted by molar-refractivity contribution is 9.10. The van der Waals surface area contributed by atoms with Crippen LogP contribution in [0, 0.1) is 0 Å². The van der Waals surface area contributed by atoms with Gasteiger partial charge in [0.15, 0.2) is 0 Å². The smallest absolute Gasteiger partial charge is 0.243 e. The van der Waals surface area contributed by atoms with Gasteiger partial charge in [-0.25, -0.2) is 4.98 Å². The van der Waals surface area contributed by atoms with Gasteiger partial charge >= 0.3 is 0 Å². The van der Waals surface area contributed by atoms with Crippen molar-refractivity contribution in [3.05, 3.63) is 58.6 Å². The SMILES string of the molecule is CC(Nc1nnc2ccccc2n1)c1ccc(Br)cc1. The molecule has 2 aromatic carbocycles. The molecular weight excluding hydrogens is 316 g/mol. The Kier molecular flexibility index (Phi) is 3.60. The summed E-state index contributed by atoms with van der Waals surface area (Å²) in [4.78, 5) is 4.46. The Morgan fingerprint density at radius 1 is 0.950 bits per heavy atom. The van der Waals surface area contributed by atoms with Crippen LogP contribution >= 0.6 is 15.9 Å². The van der Waals surface area contributed by atoms with Gasteiger partial charge in [-0.2, -0.15) is 0 Å². The quantitative estimate of drug-likeness (QED) is 0.790. The topological polar surface area (TPSA) is 50.7 Å². The van der Waals surface area contributed by atoms with Crippen LogP contribution in [0.15, 0.2) is 53.0 Å². The largest absolute Gasteiger partial charge is 0.346 e. The van der Waals surface area contributed by atoms with Crippen molar-refractivity contribution < 1.29 is 0 Å². The minimum Gasteiger partial charge on any atom is -0.346 e. The molecule has 1 aromatic heterocycles. The predicted octanol–water partition coefficient (Wildman–Crippen LogP) is 3.96. The van der Waals surface area contributed by atoms with E-state index >= 15 is 0 Å². The number of hydrogen-bond acceptors (Lipinski definition) is 4. The molecule has 5 heteroatoms. The zero-order chi connectivity index (χ0) is 13.9. The molecule has 0 spiro atoms. The Morgan fingerprint density at radius 3 is 2.40 bits per heavy atom. The molecule has 20 heavy (non-hydrogen) atoms. The molecule has 100 valence electrons. The van der Waals surface area contributed by atoms with Crippen LogP contribution in [0.4, 0.5) is 5.95 Å². The fourth-order valence-corrected chi connectivity index (χ4v) is 2.23. The van der Waals surface area contributed by atoms with E-state index in [4.69, 9.17) is 0 Å². The van der Waals surface area contributed by atoms with Crippen LogP contribution in [-0.4, -0.2) is 15.2 Å². The normalized spacial score (nSPS) is 12.3. The molecule has 0 radical (unpaired) electrons. The summed E-state index contributed by atoms with van der Waals surface area (Å²) in [7, 11) is 0. The molecule has 4 nitrogen and oxygen atoms in total. The monoisotopic (exact) mass is 328 g/mol. The van der Waals surface area contributed by atoms with E-state index in [0.717, 1.165) is 15.5 Å². The molecule has 1 atom stereocenters. The van der Waals surface area contributed by atoms with Crippen LogP contribution in [0.5, 0.6) is 0 Å². The van der Waals surface area contributed by atoms with Crippen molar-refractivity contribution in [2.75, 3.05) is 5.32 Å². The zero-order valence-electron chi connectivity index (χ0n) is 10.9. The Hall–Kier alpha value is -2.01. The maximum atomic E-state index is 4.46. The van der Waals surface area contributed by atoms with Gasteiger partial charge in [0.1, 0.15) is 5.52 Å². The second-order valence-corrected chi connectivity index (χ2v) is 5.46. The Labute approximate surface area is 125 Å². The first-order chi connectivity index (χ1) is 9.72. The molecule has 1 N–H and O–H groups in total. The molecule has 3 rings (SSSR count). The highest BCUT2D eigenvalue weighted by Gasteiger charge is 2.08. The zero-order valence-corrected chi connectivity index (χ0v) is 12.5. The maximum Gasteiger partial charge on any atom is 0.243 e. The number of nitrogens with zero attached hydrogens (tertiary/aromatic N) is 3. The molecule has 0 aliphatic carbocycles. The molecule has 0 saturated carbocycles. The number of rotatable bonds is 3. The van der Waals surface area contributed by atoms with E-state index in [2.05, 4.69) is 55.5 Å². The third kappa shape index (κ3) is 2.77. The van der Waals surface area contributed by atoms with Crippen molar-refractivity contribution in [1.82, 2.24) is 15.2 Å². The van der Waals surface area contributed by atoms with Gasteiger partial charge < -0.3 is 5.32 Å². The van der Waals surface area contributed by atoms with Crippen molar-refractivity contribution in [1.29, 1.82) is 0 Å². The van der Waals surface area contributed by atoms with Crippen LogP contribution < -0.4 is 5.32 Å². The van der Waals surface area contributed by atoms with Crippen molar-refractivity contribution in [3.63, 3.8) is 0 Å². The summed E-state index contributed by atoms with van der Waals surface area (Å²) < 4.78 is 1.07. The standard InChI is InChI=1S/C15H13BrN4/c1-10(11-6-8-12(16)9-7-11)17-15-18-13-4-2-3-5-14(13)19-20-15/h2-10H,1H3,(H,17,18,20). The van der Waals surface area contributed by atoms with E-state index in [1.54, 1.807) is 0 Å². The molecule has 0 amide bonds. The first-order valence-electron chi connectivity index (χ1n) is 6.34. The van der Waals surface area contributed by atoms with Crippen molar-refractivity contribution in [2.24, 2.45) is 0 Å². The fraction of sp³-hybridized carbons (Fsp3) is 0.133. The van der Waals surface area contributed by atoms with E-state index in [0.29, 0.717) is 5.95 Å². The van der Waals surface area contributed by atoms with Crippen LogP contribution in [0.3, 0.4) is 0 Å². The van der Waals surface area contributed by atoms with E-state index in [-0.39, 0.29) is 6.04 Å². The highest BCUT2D eigenvalue weighted by atomic mass is 79.9. The van der Waals surface area contributed by atoms with Gasteiger partial charge in [0, 0.05) is 4.47 Å². The number of anilines is 1. The van der Waals surface area contributed by atoms with Gasteiger partial charge in [0.2, 0.25) is 5.95 Å². The van der Waals surface area contributed by atoms with Crippen molar-refractivity contribution >= 4 is 32.9 Å². The predicted molar refractivity (Wildman–Crippen MR) is 83.5 cm³/mol. The number of hydrogen-bond donors (Lipinski definition) is 1. The minimum absolute atomic E-state index is 0.117. The van der Waals surface area contributed by atoms with Gasteiger partial charge in [0.25, 0.3) is 0 Å². The first kappa shape index (κ1) is 13.0. The number of halogens is 1. The van der Waals surface area contributed by atoms with Gasteiger partial charge in [-0.1, -0.05) is 40.2 Å². The van der Waals surface area contributed by atoms with Crippen LogP contribution in [0.25, 0.3) is 11.0 Å². The second kappa shape index (κ2) is 5.54. The molecule has 3 aromatic rings. The van der Waals surface area contributed by atoms with Crippen LogP contribution in [-0.2, 0) is 0 Å². The highest BCUT2D eigenvalue weighted by Crippen LogP contribution is 2.19. The number of benzene rings is 2. The summed E-state index contributed by atoms with van der Waals surface area (Å²) in [6.45, 7) is 2.07. The number of para-hydroxylation sites is 1. The lowest BCUT2D eigenvalue weighted by Gasteiger charge is -2.14. The summed E-state index contributed by atoms with van der Waals surface area (Å²) in [5.41, 5.74) is 2.81. The van der Waals surface area contributed by atoms with Crippen LogP contribution in [0.1, 0.15) is 18.5 Å². The molecule has 1 heterocycles. The van der Waals surface area contributed by atoms with Crippen molar-refractivity contribution in [3.8, 4) is 0 Å². The number of aromatic nitrogens is 3. The summed E-state index contributed by atoms with van der Waals surface area (Å²) in [5, 5.41) is 11.5. The van der Waals surface area contributed by atoms with Crippen molar-refractivity contribution in [2.45, 2.75) is 13.0 Å². The third-order valence-corrected chi connectivity index (χ3v) is 3.60. The minimum atomic E-state index is 0.117. The lowest BCUT2D eigenvalue weighted by atomic mass is 10.1. The van der Waals surface area contributed by atoms with E-state index in [9.17, 15) is 0 Å². The summed E-state index contributed by atoms with van der Waals surface area (Å²) in [5.74, 6) is 0.541. The third-order valence-electron chi connectivity index (χ3n) is 3.08. The first-order valence-corrected chi connectivity index (χ1v) is 7.13. The summed E-state index contributed by atoms with van der Waals surface area (Å²) in [6, 6.07) is 16.0. The Morgan fingerprint density at radius 2 is 1.65 bits per heavy atom. The molecule has 0 aliphatic heterocycles. The van der Waals surface area contributed by atoms with Gasteiger partial charge in [-0.3, -0.25) is 0 Å². The van der Waals surface area contributed by atoms with E-state index in [1.807, 2.05) is 36.4 Å². The lowest BCUT2D eigenvalue weighted by molar-refractivity contribution is 0.849. The maximum absolute atomic E-state index is 4.46. The van der Waals surface area contributed by atoms with Gasteiger partial charge in [-0.05, 0) is 36.8 Å².